The summed E-state index contributed by atoms with van der Waals surface area (Å²) < 4.78 is 31.7. The van der Waals surface area contributed by atoms with E-state index in [2.05, 4.69) is 15.3 Å². The van der Waals surface area contributed by atoms with Crippen molar-refractivity contribution in [3.05, 3.63) is 22.7 Å². The third-order valence-electron chi connectivity index (χ3n) is 2.02. The number of nitrogens with one attached hydrogen (secondary N) is 1. The average Bonchev–Trinajstić information content (AvgIpc) is 2.28. The van der Waals surface area contributed by atoms with Crippen molar-refractivity contribution in [3.63, 3.8) is 0 Å². The molecule has 1 aliphatic heterocycles. The number of aliphatic carboxylic acids is 1. The lowest BCUT2D eigenvalue weighted by atomic mass is 10.1. The van der Waals surface area contributed by atoms with Gasteiger partial charge >= 0.3 is 12.1 Å². The van der Waals surface area contributed by atoms with E-state index < -0.39 is 12.1 Å². The van der Waals surface area contributed by atoms with Gasteiger partial charge in [-0.15, -0.1) is 0 Å². The Morgan fingerprint density at radius 3 is 2.67 bits per heavy atom. The number of carboxylic acids is 1. The third kappa shape index (κ3) is 4.46. The predicted molar refractivity (Wildman–Crippen MR) is 56.1 cm³/mol. The van der Waals surface area contributed by atoms with Crippen LogP contribution < -0.4 is 5.32 Å². The largest absolute Gasteiger partial charge is 0.490 e. The molecule has 0 spiro atoms. The van der Waals surface area contributed by atoms with Crippen molar-refractivity contribution in [2.45, 2.75) is 19.1 Å². The molecule has 0 fully saturated rings. The lowest BCUT2D eigenvalue weighted by Crippen LogP contribution is -2.24. The molecule has 9 heteroatoms. The molecule has 0 radical (unpaired) electrons. The smallest absolute Gasteiger partial charge is 0.475 e. The SMILES string of the molecule is Clc1ncc2c(n1)CCNC2.O=C(O)C(F)(F)F. The monoisotopic (exact) mass is 283 g/mol. The van der Waals surface area contributed by atoms with Gasteiger partial charge in [-0.3, -0.25) is 0 Å². The molecule has 5 nitrogen and oxygen atoms in total. The fourth-order valence-electron chi connectivity index (χ4n) is 1.21. The maximum Gasteiger partial charge on any atom is 0.490 e. The quantitative estimate of drug-likeness (QED) is 0.704. The summed E-state index contributed by atoms with van der Waals surface area (Å²) in [5.41, 5.74) is 2.25. The number of fused-ring (bicyclic) bond motifs is 1. The molecule has 0 aromatic carbocycles. The van der Waals surface area contributed by atoms with Crippen LogP contribution in [0.5, 0.6) is 0 Å². The summed E-state index contributed by atoms with van der Waals surface area (Å²) in [6.07, 6.45) is -2.34. The number of halogens is 4. The molecule has 18 heavy (non-hydrogen) atoms. The Kier molecular flexibility index (Phi) is 4.85. The van der Waals surface area contributed by atoms with E-state index in [0.29, 0.717) is 5.28 Å². The predicted octanol–water partition coefficient (Wildman–Crippen LogP) is 1.41. The van der Waals surface area contributed by atoms with Gasteiger partial charge in [-0.2, -0.15) is 13.2 Å². The summed E-state index contributed by atoms with van der Waals surface area (Å²) in [7, 11) is 0. The molecule has 2 rings (SSSR count). The second-order valence-corrected chi connectivity index (χ2v) is 3.68. The number of carboxylic acid groups (broad SMARTS) is 1. The molecule has 2 heterocycles. The number of alkyl halides is 3. The summed E-state index contributed by atoms with van der Waals surface area (Å²) in [6, 6.07) is 0. The number of hydrogen-bond donors (Lipinski definition) is 2. The van der Waals surface area contributed by atoms with Gasteiger partial charge in [-0.25, -0.2) is 14.8 Å². The fourth-order valence-corrected chi connectivity index (χ4v) is 1.36. The number of rotatable bonds is 0. The Morgan fingerprint density at radius 2 is 2.11 bits per heavy atom. The molecule has 1 aromatic heterocycles. The highest BCUT2D eigenvalue weighted by Gasteiger charge is 2.38. The Bertz CT molecular complexity index is 440. The summed E-state index contributed by atoms with van der Waals surface area (Å²) in [5.74, 6) is -2.76. The standard InChI is InChI=1S/C7H8ClN3.C2HF3O2/c8-7-10-4-5-3-9-2-1-6(5)11-7;3-2(4,5)1(6)7/h4,9H,1-3H2;(H,6,7). The lowest BCUT2D eigenvalue weighted by molar-refractivity contribution is -0.192. The van der Waals surface area contributed by atoms with Crippen LogP contribution in [0, 0.1) is 0 Å². The van der Waals surface area contributed by atoms with Crippen molar-refractivity contribution in [1.82, 2.24) is 15.3 Å². The minimum Gasteiger partial charge on any atom is -0.475 e. The van der Waals surface area contributed by atoms with Crippen LogP contribution in [0.1, 0.15) is 11.3 Å². The van der Waals surface area contributed by atoms with E-state index in [0.717, 1.165) is 25.2 Å². The van der Waals surface area contributed by atoms with Gasteiger partial charge < -0.3 is 10.4 Å². The molecule has 0 saturated carbocycles. The lowest BCUT2D eigenvalue weighted by Gasteiger charge is -2.14. The fraction of sp³-hybridized carbons (Fsp3) is 0.444. The minimum atomic E-state index is -5.08. The Labute approximate surface area is 105 Å². The van der Waals surface area contributed by atoms with E-state index in [-0.39, 0.29) is 0 Å². The minimum absolute atomic E-state index is 0.352. The van der Waals surface area contributed by atoms with Crippen LogP contribution in [0.3, 0.4) is 0 Å². The summed E-state index contributed by atoms with van der Waals surface area (Å²) >= 11 is 5.63. The molecular weight excluding hydrogens is 275 g/mol. The zero-order valence-corrected chi connectivity index (χ0v) is 9.72. The molecule has 2 N–H and O–H groups in total. The highest BCUT2D eigenvalue weighted by Crippen LogP contribution is 2.13. The van der Waals surface area contributed by atoms with Crippen LogP contribution in [0.4, 0.5) is 13.2 Å². The van der Waals surface area contributed by atoms with Crippen LogP contribution in [0.2, 0.25) is 5.28 Å². The van der Waals surface area contributed by atoms with Crippen molar-refractivity contribution in [1.29, 1.82) is 0 Å². The number of aromatic nitrogens is 2. The number of nitrogens with zero attached hydrogens (tertiary/aromatic N) is 2. The second-order valence-electron chi connectivity index (χ2n) is 3.34. The van der Waals surface area contributed by atoms with Crippen LogP contribution in [0.15, 0.2) is 6.20 Å². The first-order valence-electron chi connectivity index (χ1n) is 4.82. The van der Waals surface area contributed by atoms with Crippen LogP contribution >= 0.6 is 11.6 Å². The molecular formula is C9H9ClF3N3O2. The molecule has 0 amide bonds. The average molecular weight is 284 g/mol. The van der Waals surface area contributed by atoms with E-state index in [1.54, 1.807) is 6.20 Å². The van der Waals surface area contributed by atoms with Crippen molar-refractivity contribution < 1.29 is 23.1 Å². The Morgan fingerprint density at radius 1 is 1.50 bits per heavy atom. The zero-order valence-electron chi connectivity index (χ0n) is 8.96. The van der Waals surface area contributed by atoms with E-state index in [1.165, 1.54) is 5.56 Å². The maximum absolute atomic E-state index is 10.6. The number of hydrogen-bond acceptors (Lipinski definition) is 4. The molecule has 0 saturated heterocycles. The van der Waals surface area contributed by atoms with Gasteiger partial charge in [0, 0.05) is 31.3 Å². The molecule has 1 aliphatic rings. The first-order valence-corrected chi connectivity index (χ1v) is 5.19. The first kappa shape index (κ1) is 14.7. The molecule has 0 bridgehead atoms. The van der Waals surface area contributed by atoms with Gasteiger partial charge in [-0.1, -0.05) is 0 Å². The maximum atomic E-state index is 10.6. The van der Waals surface area contributed by atoms with Crippen LogP contribution in [-0.2, 0) is 17.8 Å². The first-order chi connectivity index (χ1) is 8.30. The van der Waals surface area contributed by atoms with E-state index in [1.807, 2.05) is 0 Å². The Hall–Kier alpha value is -1.41. The van der Waals surface area contributed by atoms with Crippen molar-refractivity contribution in [2.75, 3.05) is 6.54 Å². The molecule has 0 atom stereocenters. The van der Waals surface area contributed by atoms with Gasteiger partial charge in [0.15, 0.2) is 0 Å². The summed E-state index contributed by atoms with van der Waals surface area (Å²) in [6.45, 7) is 1.85. The molecule has 100 valence electrons. The molecule has 0 unspecified atom stereocenters. The van der Waals surface area contributed by atoms with Crippen molar-refractivity contribution in [2.24, 2.45) is 0 Å². The second kappa shape index (κ2) is 5.96. The van der Waals surface area contributed by atoms with Gasteiger partial charge in [0.25, 0.3) is 0 Å². The molecule has 1 aromatic rings. The van der Waals surface area contributed by atoms with E-state index >= 15 is 0 Å². The van der Waals surface area contributed by atoms with E-state index in [9.17, 15) is 13.2 Å². The normalized spacial score (nSPS) is 14.2. The van der Waals surface area contributed by atoms with Gasteiger partial charge in [0.1, 0.15) is 0 Å². The van der Waals surface area contributed by atoms with Crippen molar-refractivity contribution >= 4 is 17.6 Å². The van der Waals surface area contributed by atoms with Gasteiger partial charge in [0.2, 0.25) is 5.28 Å². The zero-order chi connectivity index (χ0) is 13.8. The van der Waals surface area contributed by atoms with Crippen LogP contribution in [0.25, 0.3) is 0 Å². The van der Waals surface area contributed by atoms with Crippen molar-refractivity contribution in [3.8, 4) is 0 Å². The highest BCUT2D eigenvalue weighted by atomic mass is 35.5. The van der Waals surface area contributed by atoms with Gasteiger partial charge in [-0.05, 0) is 11.6 Å². The topological polar surface area (TPSA) is 75.1 Å². The Balaban J connectivity index is 0.000000203. The highest BCUT2D eigenvalue weighted by molar-refractivity contribution is 6.28. The third-order valence-corrected chi connectivity index (χ3v) is 2.20. The molecule has 0 aliphatic carbocycles. The van der Waals surface area contributed by atoms with Crippen LogP contribution in [-0.4, -0.2) is 33.8 Å². The van der Waals surface area contributed by atoms with E-state index in [4.69, 9.17) is 21.5 Å². The summed E-state index contributed by atoms with van der Waals surface area (Å²) in [4.78, 5) is 16.9. The van der Waals surface area contributed by atoms with Gasteiger partial charge in [0.05, 0.1) is 5.69 Å². The number of carbonyl (C=O) groups is 1. The summed E-state index contributed by atoms with van der Waals surface area (Å²) in [5, 5.41) is 10.7.